The first-order chi connectivity index (χ1) is 8.29. The maximum Gasteiger partial charge on any atom is 0.137 e. The largest absolute Gasteiger partial charge is 0.491 e. The fraction of sp³-hybridized carbons (Fsp3) is 0.462. The predicted molar refractivity (Wildman–Crippen MR) is 62.3 cm³/mol. The molecule has 1 aliphatic heterocycles. The lowest BCUT2D eigenvalue weighted by Crippen LogP contribution is -2.25. The van der Waals surface area contributed by atoms with E-state index in [-0.39, 0.29) is 5.56 Å². The summed E-state index contributed by atoms with van der Waals surface area (Å²) >= 11 is 0. The molecule has 0 aromatic heterocycles. The highest BCUT2D eigenvalue weighted by Gasteiger charge is 2.11. The van der Waals surface area contributed by atoms with Gasteiger partial charge in [0.25, 0.3) is 0 Å². The molecule has 0 amide bonds. The van der Waals surface area contributed by atoms with E-state index in [0.717, 1.165) is 19.6 Å². The highest BCUT2D eigenvalue weighted by atomic mass is 19.1. The van der Waals surface area contributed by atoms with Crippen LogP contribution in [0.1, 0.15) is 18.4 Å². The number of hydrogen-bond donors (Lipinski definition) is 0. The van der Waals surface area contributed by atoms with Gasteiger partial charge in [0, 0.05) is 6.54 Å². The van der Waals surface area contributed by atoms with Gasteiger partial charge in [-0.1, -0.05) is 0 Å². The normalized spacial score (nSPS) is 15.8. The highest BCUT2D eigenvalue weighted by molar-refractivity contribution is 5.42. The van der Waals surface area contributed by atoms with E-state index in [1.165, 1.54) is 31.0 Å². The summed E-state index contributed by atoms with van der Waals surface area (Å²) < 4.78 is 18.4. The molecule has 0 aliphatic carbocycles. The van der Waals surface area contributed by atoms with E-state index in [4.69, 9.17) is 10.00 Å². The fourth-order valence-electron chi connectivity index (χ4n) is 2.01. The first-order valence-electron chi connectivity index (χ1n) is 5.84. The molecule has 0 spiro atoms. The van der Waals surface area contributed by atoms with Crippen LogP contribution in [0.15, 0.2) is 18.2 Å². The third-order valence-electron chi connectivity index (χ3n) is 2.93. The summed E-state index contributed by atoms with van der Waals surface area (Å²) in [6.45, 7) is 3.65. The monoisotopic (exact) mass is 234 g/mol. The standard InChI is InChI=1S/C13H15FN2O/c14-12-3-4-13(11(9-12)10-15)17-8-7-16-5-1-2-6-16/h3-4,9H,1-2,5-8H2. The van der Waals surface area contributed by atoms with Crippen LogP contribution in [0.3, 0.4) is 0 Å². The number of nitriles is 1. The number of nitrogens with zero attached hydrogens (tertiary/aromatic N) is 2. The van der Waals surface area contributed by atoms with Gasteiger partial charge in [0.15, 0.2) is 0 Å². The quantitative estimate of drug-likeness (QED) is 0.801. The van der Waals surface area contributed by atoms with E-state index in [1.807, 2.05) is 6.07 Å². The first kappa shape index (κ1) is 11.9. The summed E-state index contributed by atoms with van der Waals surface area (Å²) in [4.78, 5) is 2.33. The zero-order chi connectivity index (χ0) is 12.1. The molecule has 90 valence electrons. The van der Waals surface area contributed by atoms with Crippen LogP contribution < -0.4 is 4.74 Å². The molecule has 1 saturated heterocycles. The van der Waals surface area contributed by atoms with Crippen LogP contribution in [0, 0.1) is 17.1 Å². The molecule has 0 atom stereocenters. The van der Waals surface area contributed by atoms with Gasteiger partial charge in [0.05, 0.1) is 5.56 Å². The fourth-order valence-corrected chi connectivity index (χ4v) is 2.01. The molecule has 1 aromatic rings. The van der Waals surface area contributed by atoms with Crippen molar-refractivity contribution in [2.75, 3.05) is 26.2 Å². The van der Waals surface area contributed by atoms with Crippen LogP contribution in [0.4, 0.5) is 4.39 Å². The molecule has 1 aromatic carbocycles. The van der Waals surface area contributed by atoms with Crippen LogP contribution in [-0.4, -0.2) is 31.1 Å². The molecule has 0 bridgehead atoms. The van der Waals surface area contributed by atoms with Gasteiger partial charge in [0.1, 0.15) is 24.2 Å². The van der Waals surface area contributed by atoms with E-state index in [1.54, 1.807) is 0 Å². The second-order valence-electron chi connectivity index (χ2n) is 4.15. The van der Waals surface area contributed by atoms with Gasteiger partial charge < -0.3 is 4.74 Å². The Labute approximate surface area is 100 Å². The predicted octanol–water partition coefficient (Wildman–Crippen LogP) is 2.17. The molecule has 4 heteroatoms. The molecular weight excluding hydrogens is 219 g/mol. The van der Waals surface area contributed by atoms with Gasteiger partial charge in [-0.25, -0.2) is 4.39 Å². The summed E-state index contributed by atoms with van der Waals surface area (Å²) in [5, 5.41) is 8.85. The van der Waals surface area contributed by atoms with Crippen molar-refractivity contribution in [1.29, 1.82) is 5.26 Å². The molecule has 1 heterocycles. The van der Waals surface area contributed by atoms with Crippen molar-refractivity contribution in [2.45, 2.75) is 12.8 Å². The number of benzene rings is 1. The number of hydrogen-bond acceptors (Lipinski definition) is 3. The third-order valence-corrected chi connectivity index (χ3v) is 2.93. The van der Waals surface area contributed by atoms with Gasteiger partial charge in [-0.05, 0) is 44.1 Å². The van der Waals surface area contributed by atoms with Crippen molar-refractivity contribution in [1.82, 2.24) is 4.90 Å². The summed E-state index contributed by atoms with van der Waals surface area (Å²) in [6.07, 6.45) is 2.50. The highest BCUT2D eigenvalue weighted by Crippen LogP contribution is 2.18. The lowest BCUT2D eigenvalue weighted by molar-refractivity contribution is 0.237. The van der Waals surface area contributed by atoms with Crippen molar-refractivity contribution in [3.63, 3.8) is 0 Å². The number of rotatable bonds is 4. The van der Waals surface area contributed by atoms with Gasteiger partial charge >= 0.3 is 0 Å². The van der Waals surface area contributed by atoms with E-state index >= 15 is 0 Å². The van der Waals surface area contributed by atoms with E-state index in [9.17, 15) is 4.39 Å². The van der Waals surface area contributed by atoms with E-state index < -0.39 is 5.82 Å². The van der Waals surface area contributed by atoms with Crippen molar-refractivity contribution >= 4 is 0 Å². The second kappa shape index (κ2) is 5.65. The Morgan fingerprint density at radius 3 is 2.82 bits per heavy atom. The second-order valence-corrected chi connectivity index (χ2v) is 4.15. The number of halogens is 1. The smallest absolute Gasteiger partial charge is 0.137 e. The minimum atomic E-state index is -0.409. The Morgan fingerprint density at radius 1 is 1.35 bits per heavy atom. The van der Waals surface area contributed by atoms with Crippen molar-refractivity contribution in [2.24, 2.45) is 0 Å². The van der Waals surface area contributed by atoms with Crippen LogP contribution in [0.2, 0.25) is 0 Å². The SMILES string of the molecule is N#Cc1cc(F)ccc1OCCN1CCCC1. The van der Waals surface area contributed by atoms with Crippen LogP contribution in [0.25, 0.3) is 0 Å². The molecule has 1 aliphatic rings. The van der Waals surface area contributed by atoms with E-state index in [0.29, 0.717) is 12.4 Å². The number of likely N-dealkylation sites (tertiary alicyclic amines) is 1. The lowest BCUT2D eigenvalue weighted by atomic mass is 10.2. The van der Waals surface area contributed by atoms with Gasteiger partial charge in [-0.2, -0.15) is 5.26 Å². The topological polar surface area (TPSA) is 36.3 Å². The maximum atomic E-state index is 12.9. The van der Waals surface area contributed by atoms with Gasteiger partial charge in [-0.3, -0.25) is 4.90 Å². The molecule has 3 nitrogen and oxygen atoms in total. The van der Waals surface area contributed by atoms with Crippen molar-refractivity contribution in [3.05, 3.63) is 29.6 Å². The third kappa shape index (κ3) is 3.18. The molecule has 0 unspecified atom stereocenters. The summed E-state index contributed by atoms with van der Waals surface area (Å²) in [6, 6.07) is 5.96. The lowest BCUT2D eigenvalue weighted by Gasteiger charge is -2.15. The average molecular weight is 234 g/mol. The Kier molecular flexibility index (Phi) is 3.94. The maximum absolute atomic E-state index is 12.9. The Morgan fingerprint density at radius 2 is 2.12 bits per heavy atom. The Hall–Kier alpha value is -1.60. The van der Waals surface area contributed by atoms with E-state index in [2.05, 4.69) is 4.90 Å². The zero-order valence-corrected chi connectivity index (χ0v) is 9.66. The molecule has 0 N–H and O–H groups in total. The molecule has 0 saturated carbocycles. The molecule has 0 radical (unpaired) electrons. The Balaban J connectivity index is 1.88. The van der Waals surface area contributed by atoms with Crippen molar-refractivity contribution < 1.29 is 9.13 Å². The molecular formula is C13H15FN2O. The summed E-state index contributed by atoms with van der Waals surface area (Å²) in [5.74, 6) is 0.0570. The average Bonchev–Trinajstić information content (AvgIpc) is 2.84. The summed E-state index contributed by atoms with van der Waals surface area (Å²) in [5.41, 5.74) is 0.256. The molecule has 17 heavy (non-hydrogen) atoms. The van der Waals surface area contributed by atoms with Crippen LogP contribution in [-0.2, 0) is 0 Å². The Bertz CT molecular complexity index is 422. The first-order valence-corrected chi connectivity index (χ1v) is 5.84. The van der Waals surface area contributed by atoms with Crippen molar-refractivity contribution in [3.8, 4) is 11.8 Å². The minimum absolute atomic E-state index is 0.256. The van der Waals surface area contributed by atoms with Crippen LogP contribution >= 0.6 is 0 Å². The summed E-state index contributed by atoms with van der Waals surface area (Å²) in [7, 11) is 0. The number of ether oxygens (including phenoxy) is 1. The minimum Gasteiger partial charge on any atom is -0.491 e. The molecule has 2 rings (SSSR count). The van der Waals surface area contributed by atoms with Gasteiger partial charge in [-0.15, -0.1) is 0 Å². The molecule has 1 fully saturated rings. The van der Waals surface area contributed by atoms with Crippen LogP contribution in [0.5, 0.6) is 5.75 Å². The van der Waals surface area contributed by atoms with Gasteiger partial charge in [0.2, 0.25) is 0 Å². The zero-order valence-electron chi connectivity index (χ0n) is 9.66.